The van der Waals surface area contributed by atoms with Crippen LogP contribution in [-0.2, 0) is 13.2 Å². The summed E-state index contributed by atoms with van der Waals surface area (Å²) in [6, 6.07) is 0.665. The fraction of sp³-hybridized carbons (Fsp3) is 0.250. The van der Waals surface area contributed by atoms with E-state index >= 15 is 0 Å². The van der Waals surface area contributed by atoms with Gasteiger partial charge in [0.1, 0.15) is 0 Å². The van der Waals surface area contributed by atoms with Crippen LogP contribution >= 0.6 is 11.3 Å². The fourth-order valence-electron chi connectivity index (χ4n) is 1.57. The molecule has 19 heavy (non-hydrogen) atoms. The number of alkyl halides is 3. The molecular weight excluding hydrogens is 287 g/mol. The van der Waals surface area contributed by atoms with Crippen molar-refractivity contribution in [1.82, 2.24) is 14.8 Å². The quantitative estimate of drug-likeness (QED) is 0.674. The number of anilines is 1. The summed E-state index contributed by atoms with van der Waals surface area (Å²) in [5.74, 6) is -1.05. The minimum Gasteiger partial charge on any atom is -0.374 e. The fourth-order valence-corrected chi connectivity index (χ4v) is 2.23. The molecule has 0 radical (unpaired) electrons. The van der Waals surface area contributed by atoms with Gasteiger partial charge in [0, 0.05) is 6.07 Å². The second-order valence-electron chi connectivity index (χ2n) is 3.53. The van der Waals surface area contributed by atoms with Gasteiger partial charge in [0.2, 0.25) is 5.13 Å². The monoisotopic (exact) mass is 293 g/mol. The Bertz CT molecular complexity index is 647. The van der Waals surface area contributed by atoms with E-state index in [9.17, 15) is 23.3 Å². The molecule has 2 heterocycles. The highest BCUT2D eigenvalue weighted by atomic mass is 32.1. The van der Waals surface area contributed by atoms with Crippen LogP contribution in [0.15, 0.2) is 6.07 Å². The van der Waals surface area contributed by atoms with Crippen LogP contribution in [0.3, 0.4) is 0 Å². The lowest BCUT2D eigenvalue weighted by Crippen LogP contribution is -2.08. The van der Waals surface area contributed by atoms with Crippen molar-refractivity contribution in [3.05, 3.63) is 21.7 Å². The molecule has 0 fully saturated rings. The number of rotatable bonds is 2. The first kappa shape index (κ1) is 13.3. The summed E-state index contributed by atoms with van der Waals surface area (Å²) < 4.78 is 39.1. The predicted molar refractivity (Wildman–Crippen MR) is 60.4 cm³/mol. The van der Waals surface area contributed by atoms with Gasteiger partial charge in [-0.25, -0.2) is 4.57 Å². The minimum atomic E-state index is -4.82. The zero-order valence-electron chi connectivity index (χ0n) is 9.30. The molecule has 0 saturated heterocycles. The lowest BCUT2D eigenvalue weighted by atomic mass is 10.3. The summed E-state index contributed by atoms with van der Waals surface area (Å²) in [7, 11) is 1.15. The number of nitro groups is 1. The molecule has 0 aromatic carbocycles. The van der Waals surface area contributed by atoms with Gasteiger partial charge in [-0.2, -0.15) is 13.2 Å². The van der Waals surface area contributed by atoms with Crippen LogP contribution in [0.5, 0.6) is 0 Å². The minimum absolute atomic E-state index is 0.0618. The van der Waals surface area contributed by atoms with Gasteiger partial charge in [0.05, 0.1) is 7.05 Å². The van der Waals surface area contributed by atoms with Gasteiger partial charge in [-0.15, -0.1) is 10.2 Å². The SMILES string of the molecule is Cn1c(-c2nnc(N)s2)cc(C(F)(F)F)c1[N+](=O)[O-]. The Balaban J connectivity index is 2.69. The third kappa shape index (κ3) is 2.23. The molecule has 102 valence electrons. The Morgan fingerprint density at radius 2 is 2.11 bits per heavy atom. The van der Waals surface area contributed by atoms with Crippen molar-refractivity contribution in [1.29, 1.82) is 0 Å². The molecule has 2 rings (SSSR count). The van der Waals surface area contributed by atoms with Gasteiger partial charge in [0.15, 0.2) is 16.3 Å². The molecule has 0 bridgehead atoms. The van der Waals surface area contributed by atoms with Crippen LogP contribution in [-0.4, -0.2) is 19.7 Å². The standard InChI is InChI=1S/C8H6F3N5O2S/c1-15-4(5-13-14-7(12)19-5)2-3(8(9,10)11)6(15)16(17)18/h2H,1H3,(H2,12,14). The maximum Gasteiger partial charge on any atom is 0.424 e. The van der Waals surface area contributed by atoms with Crippen LogP contribution < -0.4 is 5.73 Å². The molecule has 0 atom stereocenters. The maximum absolute atomic E-state index is 12.7. The van der Waals surface area contributed by atoms with Gasteiger partial charge < -0.3 is 15.8 Å². The average Bonchev–Trinajstić information content (AvgIpc) is 2.80. The van der Waals surface area contributed by atoms with E-state index < -0.39 is 22.5 Å². The van der Waals surface area contributed by atoms with Crippen molar-refractivity contribution in [2.45, 2.75) is 6.18 Å². The molecule has 0 amide bonds. The van der Waals surface area contributed by atoms with E-state index in [0.717, 1.165) is 23.0 Å². The maximum atomic E-state index is 12.7. The first-order chi connectivity index (χ1) is 8.71. The third-order valence-electron chi connectivity index (χ3n) is 2.34. The first-order valence-corrected chi connectivity index (χ1v) is 5.54. The summed E-state index contributed by atoms with van der Waals surface area (Å²) >= 11 is 0.844. The molecule has 0 aliphatic heterocycles. The smallest absolute Gasteiger partial charge is 0.374 e. The van der Waals surface area contributed by atoms with E-state index in [1.165, 1.54) is 0 Å². The molecule has 2 N–H and O–H groups in total. The Morgan fingerprint density at radius 1 is 1.47 bits per heavy atom. The van der Waals surface area contributed by atoms with Crippen LogP contribution in [0, 0.1) is 10.1 Å². The van der Waals surface area contributed by atoms with E-state index in [2.05, 4.69) is 10.2 Å². The lowest BCUT2D eigenvalue weighted by Gasteiger charge is -2.04. The van der Waals surface area contributed by atoms with Crippen LogP contribution in [0.1, 0.15) is 5.56 Å². The number of halogens is 3. The van der Waals surface area contributed by atoms with E-state index in [0.29, 0.717) is 6.07 Å². The Morgan fingerprint density at radius 3 is 2.47 bits per heavy atom. The number of nitrogens with two attached hydrogens (primary N) is 1. The highest BCUT2D eigenvalue weighted by molar-refractivity contribution is 7.18. The Labute approximate surface area is 107 Å². The van der Waals surface area contributed by atoms with Crippen LogP contribution in [0.4, 0.5) is 24.1 Å². The second-order valence-corrected chi connectivity index (χ2v) is 4.54. The molecule has 0 unspecified atom stereocenters. The van der Waals surface area contributed by atoms with Crippen molar-refractivity contribution >= 4 is 22.3 Å². The molecule has 0 spiro atoms. The third-order valence-corrected chi connectivity index (χ3v) is 3.11. The van der Waals surface area contributed by atoms with E-state index in [1.807, 2.05) is 0 Å². The van der Waals surface area contributed by atoms with Crippen molar-refractivity contribution in [3.63, 3.8) is 0 Å². The van der Waals surface area contributed by atoms with Crippen molar-refractivity contribution in [3.8, 4) is 10.7 Å². The molecular formula is C8H6F3N5O2S. The summed E-state index contributed by atoms with van der Waals surface area (Å²) in [5, 5.41) is 17.9. The average molecular weight is 293 g/mol. The van der Waals surface area contributed by atoms with Gasteiger partial charge >= 0.3 is 12.0 Å². The number of hydrogen-bond donors (Lipinski definition) is 1. The topological polar surface area (TPSA) is 99.9 Å². The van der Waals surface area contributed by atoms with Gasteiger partial charge in [-0.1, -0.05) is 11.3 Å². The van der Waals surface area contributed by atoms with E-state index in [4.69, 9.17) is 5.73 Å². The summed E-state index contributed by atoms with van der Waals surface area (Å²) in [4.78, 5) is 9.68. The largest absolute Gasteiger partial charge is 0.424 e. The summed E-state index contributed by atoms with van der Waals surface area (Å²) in [6.07, 6.45) is -4.82. The normalized spacial score (nSPS) is 11.8. The highest BCUT2D eigenvalue weighted by Gasteiger charge is 2.42. The number of aromatic nitrogens is 3. The molecule has 2 aromatic heterocycles. The summed E-state index contributed by atoms with van der Waals surface area (Å²) in [5.41, 5.74) is 3.94. The van der Waals surface area contributed by atoms with Crippen molar-refractivity contribution in [2.75, 3.05) is 5.73 Å². The van der Waals surface area contributed by atoms with E-state index in [1.54, 1.807) is 0 Å². The van der Waals surface area contributed by atoms with Crippen LogP contribution in [0.25, 0.3) is 10.7 Å². The molecule has 0 aliphatic rings. The number of nitrogens with zero attached hydrogens (tertiary/aromatic N) is 4. The zero-order chi connectivity index (χ0) is 14.4. The zero-order valence-corrected chi connectivity index (χ0v) is 10.1. The number of nitrogen functional groups attached to an aromatic ring is 1. The van der Waals surface area contributed by atoms with Crippen molar-refractivity contribution in [2.24, 2.45) is 7.05 Å². The van der Waals surface area contributed by atoms with Gasteiger partial charge in [-0.05, 0) is 4.92 Å². The molecule has 0 saturated carbocycles. The predicted octanol–water partition coefficient (Wildman–Crippen LogP) is 2.05. The van der Waals surface area contributed by atoms with E-state index in [-0.39, 0.29) is 15.8 Å². The molecule has 11 heteroatoms. The Hall–Kier alpha value is -2.17. The molecule has 0 aliphatic carbocycles. The van der Waals surface area contributed by atoms with Crippen molar-refractivity contribution < 1.29 is 18.1 Å². The van der Waals surface area contributed by atoms with Gasteiger partial charge in [-0.3, -0.25) is 0 Å². The lowest BCUT2D eigenvalue weighted by molar-refractivity contribution is -0.394. The number of hydrogen-bond acceptors (Lipinski definition) is 6. The highest BCUT2D eigenvalue weighted by Crippen LogP contribution is 2.41. The summed E-state index contributed by atoms with van der Waals surface area (Å²) in [6.45, 7) is 0. The molecule has 2 aromatic rings. The second kappa shape index (κ2) is 4.19. The van der Waals surface area contributed by atoms with Crippen LogP contribution in [0.2, 0.25) is 0 Å². The van der Waals surface area contributed by atoms with Gasteiger partial charge in [0.25, 0.3) is 0 Å². The molecule has 7 nitrogen and oxygen atoms in total. The first-order valence-electron chi connectivity index (χ1n) is 4.72. The Kier molecular flexibility index (Phi) is 2.92.